The van der Waals surface area contributed by atoms with Crippen molar-refractivity contribution in [3.05, 3.63) is 52.5 Å². The van der Waals surface area contributed by atoms with Gasteiger partial charge in [-0.1, -0.05) is 12.1 Å². The second-order valence-electron chi connectivity index (χ2n) is 4.82. The number of para-hydroxylation sites is 1. The van der Waals surface area contributed by atoms with E-state index in [1.165, 1.54) is 0 Å². The summed E-state index contributed by atoms with van der Waals surface area (Å²) in [5.74, 6) is 0.802. The summed E-state index contributed by atoms with van der Waals surface area (Å²) in [5.41, 5.74) is 8.22. The van der Waals surface area contributed by atoms with Crippen LogP contribution in [0.2, 0.25) is 0 Å². The molecule has 20 heavy (non-hydrogen) atoms. The molecule has 104 valence electrons. The summed E-state index contributed by atoms with van der Waals surface area (Å²) in [6.45, 7) is 2.93. The standard InChI is InChI=1S/C15H16BrN3O/c1-2-19-9-10(8-18-19)6-13(17)14-7-11-4-3-5-12(16)15(11)20-14/h3-5,7-9,13H,2,6,17H2,1H3. The minimum absolute atomic E-state index is 0.163. The van der Waals surface area contributed by atoms with Gasteiger partial charge < -0.3 is 10.2 Å². The van der Waals surface area contributed by atoms with Crippen LogP contribution in [-0.2, 0) is 13.0 Å². The van der Waals surface area contributed by atoms with Gasteiger partial charge in [-0.05, 0) is 47.0 Å². The van der Waals surface area contributed by atoms with Crippen LogP contribution < -0.4 is 5.73 Å². The molecule has 2 aromatic heterocycles. The number of furan rings is 1. The molecule has 3 rings (SSSR count). The summed E-state index contributed by atoms with van der Waals surface area (Å²) in [7, 11) is 0. The molecule has 0 saturated heterocycles. The molecule has 2 N–H and O–H groups in total. The predicted molar refractivity (Wildman–Crippen MR) is 82.4 cm³/mol. The molecule has 0 fully saturated rings. The molecule has 1 unspecified atom stereocenters. The van der Waals surface area contributed by atoms with E-state index in [-0.39, 0.29) is 6.04 Å². The number of hydrogen-bond donors (Lipinski definition) is 1. The van der Waals surface area contributed by atoms with Crippen LogP contribution in [0.25, 0.3) is 11.0 Å². The number of hydrogen-bond acceptors (Lipinski definition) is 3. The zero-order valence-electron chi connectivity index (χ0n) is 11.2. The molecular weight excluding hydrogens is 318 g/mol. The van der Waals surface area contributed by atoms with Gasteiger partial charge in [-0.2, -0.15) is 5.10 Å². The molecular formula is C15H16BrN3O. The predicted octanol–water partition coefficient (Wildman–Crippen LogP) is 3.65. The van der Waals surface area contributed by atoms with Gasteiger partial charge in [-0.25, -0.2) is 0 Å². The van der Waals surface area contributed by atoms with Gasteiger partial charge in [0, 0.05) is 18.1 Å². The first-order valence-electron chi connectivity index (χ1n) is 6.62. The Balaban J connectivity index is 1.84. The second kappa shape index (κ2) is 5.42. The number of halogens is 1. The van der Waals surface area contributed by atoms with Gasteiger partial charge in [0.15, 0.2) is 0 Å². The minimum Gasteiger partial charge on any atom is -0.458 e. The summed E-state index contributed by atoms with van der Waals surface area (Å²) in [6, 6.07) is 7.82. The molecule has 5 heteroatoms. The first-order chi connectivity index (χ1) is 9.67. The highest BCUT2D eigenvalue weighted by Gasteiger charge is 2.14. The van der Waals surface area contributed by atoms with Crippen LogP contribution in [0.3, 0.4) is 0 Å². The average molecular weight is 334 g/mol. The van der Waals surface area contributed by atoms with Crippen LogP contribution >= 0.6 is 15.9 Å². The minimum atomic E-state index is -0.163. The largest absolute Gasteiger partial charge is 0.458 e. The van der Waals surface area contributed by atoms with Crippen molar-refractivity contribution in [3.63, 3.8) is 0 Å². The number of rotatable bonds is 4. The van der Waals surface area contributed by atoms with Gasteiger partial charge in [-0.15, -0.1) is 0 Å². The van der Waals surface area contributed by atoms with E-state index < -0.39 is 0 Å². The van der Waals surface area contributed by atoms with Crippen molar-refractivity contribution in [1.29, 1.82) is 0 Å². The highest BCUT2D eigenvalue weighted by atomic mass is 79.9. The van der Waals surface area contributed by atoms with E-state index in [0.717, 1.165) is 39.7 Å². The first-order valence-corrected chi connectivity index (χ1v) is 7.41. The Labute approximate surface area is 125 Å². The summed E-state index contributed by atoms with van der Waals surface area (Å²) >= 11 is 3.49. The number of aromatic nitrogens is 2. The summed E-state index contributed by atoms with van der Waals surface area (Å²) < 4.78 is 8.72. The zero-order valence-corrected chi connectivity index (χ0v) is 12.8. The quantitative estimate of drug-likeness (QED) is 0.792. The lowest BCUT2D eigenvalue weighted by Gasteiger charge is -2.06. The third-order valence-corrected chi connectivity index (χ3v) is 3.97. The molecule has 0 aliphatic heterocycles. The highest BCUT2D eigenvalue weighted by Crippen LogP contribution is 2.29. The van der Waals surface area contributed by atoms with Crippen molar-refractivity contribution in [1.82, 2.24) is 9.78 Å². The molecule has 0 spiro atoms. The van der Waals surface area contributed by atoms with Crippen molar-refractivity contribution >= 4 is 26.9 Å². The van der Waals surface area contributed by atoms with Gasteiger partial charge in [0.05, 0.1) is 16.7 Å². The monoisotopic (exact) mass is 333 g/mol. The average Bonchev–Trinajstić information content (AvgIpc) is 3.05. The summed E-state index contributed by atoms with van der Waals surface area (Å²) in [5, 5.41) is 5.33. The smallest absolute Gasteiger partial charge is 0.148 e. The zero-order chi connectivity index (χ0) is 14.1. The molecule has 4 nitrogen and oxygen atoms in total. The van der Waals surface area contributed by atoms with E-state index in [4.69, 9.17) is 10.2 Å². The fraction of sp³-hybridized carbons (Fsp3) is 0.267. The van der Waals surface area contributed by atoms with E-state index in [2.05, 4.69) is 28.0 Å². The lowest BCUT2D eigenvalue weighted by molar-refractivity contribution is 0.493. The maximum atomic E-state index is 6.25. The van der Waals surface area contributed by atoms with Crippen LogP contribution in [0.5, 0.6) is 0 Å². The van der Waals surface area contributed by atoms with Crippen LogP contribution in [0.4, 0.5) is 0 Å². The van der Waals surface area contributed by atoms with Crippen LogP contribution in [0.1, 0.15) is 24.3 Å². The Bertz CT molecular complexity index is 732. The van der Waals surface area contributed by atoms with E-state index >= 15 is 0 Å². The first kappa shape index (κ1) is 13.4. The molecule has 0 aliphatic rings. The van der Waals surface area contributed by atoms with Gasteiger partial charge in [0.2, 0.25) is 0 Å². The molecule has 1 aromatic carbocycles. The SMILES string of the molecule is CCn1cc(CC(N)c2cc3cccc(Br)c3o2)cn1. The van der Waals surface area contributed by atoms with Gasteiger partial charge >= 0.3 is 0 Å². The molecule has 0 saturated carbocycles. The number of fused-ring (bicyclic) bond motifs is 1. The highest BCUT2D eigenvalue weighted by molar-refractivity contribution is 9.10. The number of benzene rings is 1. The molecule has 0 aliphatic carbocycles. The Morgan fingerprint density at radius 3 is 3.00 bits per heavy atom. The molecule has 2 heterocycles. The molecule has 0 bridgehead atoms. The molecule has 1 atom stereocenters. The van der Waals surface area contributed by atoms with Crippen molar-refractivity contribution in [2.45, 2.75) is 25.9 Å². The lowest BCUT2D eigenvalue weighted by atomic mass is 10.1. The Morgan fingerprint density at radius 1 is 1.45 bits per heavy atom. The Hall–Kier alpha value is -1.59. The Morgan fingerprint density at radius 2 is 2.30 bits per heavy atom. The number of nitrogens with zero attached hydrogens (tertiary/aromatic N) is 2. The van der Waals surface area contributed by atoms with E-state index in [1.807, 2.05) is 41.3 Å². The van der Waals surface area contributed by atoms with Gasteiger partial charge in [0.25, 0.3) is 0 Å². The molecule has 0 radical (unpaired) electrons. The van der Waals surface area contributed by atoms with E-state index in [1.54, 1.807) is 0 Å². The third-order valence-electron chi connectivity index (χ3n) is 3.35. The summed E-state index contributed by atoms with van der Waals surface area (Å²) in [6.07, 6.45) is 4.61. The topological polar surface area (TPSA) is 57.0 Å². The molecule has 3 aromatic rings. The maximum absolute atomic E-state index is 6.25. The van der Waals surface area contributed by atoms with Gasteiger partial charge in [0.1, 0.15) is 11.3 Å². The van der Waals surface area contributed by atoms with Crippen LogP contribution in [0, 0.1) is 0 Å². The summed E-state index contributed by atoms with van der Waals surface area (Å²) in [4.78, 5) is 0. The van der Waals surface area contributed by atoms with Crippen molar-refractivity contribution in [2.24, 2.45) is 5.73 Å². The second-order valence-corrected chi connectivity index (χ2v) is 5.68. The van der Waals surface area contributed by atoms with Crippen molar-refractivity contribution < 1.29 is 4.42 Å². The van der Waals surface area contributed by atoms with Crippen molar-refractivity contribution in [3.8, 4) is 0 Å². The van der Waals surface area contributed by atoms with Crippen LogP contribution in [-0.4, -0.2) is 9.78 Å². The van der Waals surface area contributed by atoms with E-state index in [9.17, 15) is 0 Å². The van der Waals surface area contributed by atoms with Crippen molar-refractivity contribution in [2.75, 3.05) is 0 Å². The normalized spacial score (nSPS) is 12.9. The third kappa shape index (κ3) is 2.51. The van der Waals surface area contributed by atoms with Crippen LogP contribution in [0.15, 0.2) is 45.5 Å². The fourth-order valence-corrected chi connectivity index (χ4v) is 2.73. The Kier molecular flexibility index (Phi) is 3.63. The fourth-order valence-electron chi connectivity index (χ4n) is 2.27. The number of aryl methyl sites for hydroxylation is 1. The van der Waals surface area contributed by atoms with E-state index in [0.29, 0.717) is 0 Å². The lowest BCUT2D eigenvalue weighted by Crippen LogP contribution is -2.12. The van der Waals surface area contributed by atoms with Gasteiger partial charge in [-0.3, -0.25) is 4.68 Å². The maximum Gasteiger partial charge on any atom is 0.148 e. The molecule has 0 amide bonds. The number of nitrogens with two attached hydrogens (primary N) is 1.